The number of nitrogens with one attached hydrogen (secondary N) is 2. The number of amides is 4. The van der Waals surface area contributed by atoms with Gasteiger partial charge in [0.2, 0.25) is 5.91 Å². The van der Waals surface area contributed by atoms with E-state index in [-0.39, 0.29) is 13.0 Å². The van der Waals surface area contributed by atoms with Crippen molar-refractivity contribution in [2.45, 2.75) is 32.2 Å². The summed E-state index contributed by atoms with van der Waals surface area (Å²) in [6.45, 7) is 3.90. The van der Waals surface area contributed by atoms with Crippen LogP contribution in [0.15, 0.2) is 54.6 Å². The van der Waals surface area contributed by atoms with Gasteiger partial charge in [0, 0.05) is 0 Å². The molecule has 7 heteroatoms. The molecule has 0 aliphatic carbocycles. The molecule has 1 aliphatic rings. The number of hydrazine groups is 1. The molecule has 0 bridgehead atoms. The minimum atomic E-state index is -1.18. The Morgan fingerprint density at radius 1 is 1.14 bits per heavy atom. The molecule has 1 fully saturated rings. The highest BCUT2D eigenvalue weighted by molar-refractivity contribution is 6.08. The third kappa shape index (κ3) is 3.83. The zero-order valence-corrected chi connectivity index (χ0v) is 15.9. The van der Waals surface area contributed by atoms with E-state index in [1.54, 1.807) is 30.3 Å². The van der Waals surface area contributed by atoms with Crippen molar-refractivity contribution in [2.24, 2.45) is 0 Å². The van der Waals surface area contributed by atoms with Crippen molar-refractivity contribution in [2.75, 3.05) is 6.61 Å². The minimum Gasteiger partial charge on any atom is -0.493 e. The number of imide groups is 1. The Morgan fingerprint density at radius 3 is 2.57 bits per heavy atom. The summed E-state index contributed by atoms with van der Waals surface area (Å²) in [6, 6.07) is 15.8. The number of hydrogen-bond donors (Lipinski definition) is 2. The van der Waals surface area contributed by atoms with E-state index in [2.05, 4.69) is 10.7 Å². The van der Waals surface area contributed by atoms with Gasteiger partial charge in [0.25, 0.3) is 5.91 Å². The Hall–Kier alpha value is -3.35. The largest absolute Gasteiger partial charge is 0.493 e. The first-order valence-corrected chi connectivity index (χ1v) is 9.17. The highest BCUT2D eigenvalue weighted by Gasteiger charge is 2.52. The van der Waals surface area contributed by atoms with Crippen LogP contribution in [0.4, 0.5) is 4.79 Å². The second-order valence-electron chi connectivity index (χ2n) is 6.65. The van der Waals surface area contributed by atoms with Gasteiger partial charge in [0.05, 0.1) is 13.0 Å². The molecule has 0 aromatic heterocycles. The Labute approximate surface area is 163 Å². The lowest BCUT2D eigenvalue weighted by atomic mass is 9.87. The lowest BCUT2D eigenvalue weighted by molar-refractivity contribution is -0.139. The van der Waals surface area contributed by atoms with Crippen LogP contribution in [0.5, 0.6) is 5.75 Å². The summed E-state index contributed by atoms with van der Waals surface area (Å²) in [4.78, 5) is 37.5. The van der Waals surface area contributed by atoms with Crippen molar-refractivity contribution in [3.05, 3.63) is 65.7 Å². The molecule has 2 aromatic rings. The quantitative estimate of drug-likeness (QED) is 0.722. The van der Waals surface area contributed by atoms with Crippen molar-refractivity contribution in [1.82, 2.24) is 15.8 Å². The molecule has 1 saturated heterocycles. The highest BCUT2D eigenvalue weighted by Crippen LogP contribution is 2.31. The molecule has 2 N–H and O–H groups in total. The SMILES string of the molecule is CC[C@]1(c2ccccc2)NC(=O)N(NC(=O)CCOc2cccc(C)c2)C1=O. The first kappa shape index (κ1) is 19.4. The van der Waals surface area contributed by atoms with Gasteiger partial charge in [-0.2, -0.15) is 5.01 Å². The number of ether oxygens (including phenoxy) is 1. The van der Waals surface area contributed by atoms with Crippen LogP contribution in [0.3, 0.4) is 0 Å². The average Bonchev–Trinajstić information content (AvgIpc) is 2.94. The van der Waals surface area contributed by atoms with E-state index in [4.69, 9.17) is 4.74 Å². The molecule has 28 heavy (non-hydrogen) atoms. The molecular formula is C21H23N3O4. The van der Waals surface area contributed by atoms with E-state index in [9.17, 15) is 14.4 Å². The van der Waals surface area contributed by atoms with Crippen LogP contribution < -0.4 is 15.5 Å². The number of benzene rings is 2. The molecule has 146 valence electrons. The normalized spacial score (nSPS) is 18.7. The highest BCUT2D eigenvalue weighted by atomic mass is 16.5. The maximum atomic E-state index is 12.9. The number of hydrogen-bond acceptors (Lipinski definition) is 4. The predicted molar refractivity (Wildman–Crippen MR) is 103 cm³/mol. The summed E-state index contributed by atoms with van der Waals surface area (Å²) in [5.74, 6) is -0.313. The first-order chi connectivity index (χ1) is 13.5. The van der Waals surface area contributed by atoms with Crippen molar-refractivity contribution < 1.29 is 19.1 Å². The molecule has 0 unspecified atom stereocenters. The topological polar surface area (TPSA) is 87.7 Å². The molecule has 4 amide bonds. The zero-order valence-electron chi connectivity index (χ0n) is 15.9. The van der Waals surface area contributed by atoms with Crippen LogP contribution in [0.2, 0.25) is 0 Å². The van der Waals surface area contributed by atoms with Crippen LogP contribution in [-0.2, 0) is 15.1 Å². The fraction of sp³-hybridized carbons (Fsp3) is 0.286. The summed E-state index contributed by atoms with van der Waals surface area (Å²) in [5, 5.41) is 3.47. The van der Waals surface area contributed by atoms with E-state index in [0.29, 0.717) is 17.7 Å². The third-order valence-electron chi connectivity index (χ3n) is 4.71. The van der Waals surface area contributed by atoms with Gasteiger partial charge in [0.1, 0.15) is 11.3 Å². The Morgan fingerprint density at radius 2 is 1.89 bits per heavy atom. The molecule has 0 saturated carbocycles. The minimum absolute atomic E-state index is 0.00939. The van der Waals surface area contributed by atoms with Crippen molar-refractivity contribution in [3.63, 3.8) is 0 Å². The fourth-order valence-electron chi connectivity index (χ4n) is 3.19. The van der Waals surface area contributed by atoms with E-state index in [1.165, 1.54) is 0 Å². The Kier molecular flexibility index (Phi) is 5.63. The van der Waals surface area contributed by atoms with Crippen molar-refractivity contribution in [3.8, 4) is 5.75 Å². The maximum absolute atomic E-state index is 12.9. The summed E-state index contributed by atoms with van der Waals surface area (Å²) >= 11 is 0. The number of urea groups is 1. The number of carbonyl (C=O) groups is 3. The van der Waals surface area contributed by atoms with E-state index in [1.807, 2.05) is 38.1 Å². The predicted octanol–water partition coefficient (Wildman–Crippen LogP) is 2.65. The van der Waals surface area contributed by atoms with Gasteiger partial charge in [-0.05, 0) is 36.6 Å². The van der Waals surface area contributed by atoms with Crippen LogP contribution in [-0.4, -0.2) is 29.5 Å². The summed E-state index contributed by atoms with van der Waals surface area (Å²) in [6.07, 6.45) is 0.375. The molecule has 7 nitrogen and oxygen atoms in total. The second-order valence-corrected chi connectivity index (χ2v) is 6.65. The summed E-state index contributed by atoms with van der Waals surface area (Å²) in [5.41, 5.74) is 2.94. The van der Waals surface area contributed by atoms with Gasteiger partial charge in [-0.3, -0.25) is 15.0 Å². The van der Waals surface area contributed by atoms with Crippen molar-refractivity contribution in [1.29, 1.82) is 0 Å². The van der Waals surface area contributed by atoms with Gasteiger partial charge in [0.15, 0.2) is 0 Å². The van der Waals surface area contributed by atoms with Crippen LogP contribution in [0.25, 0.3) is 0 Å². The van der Waals surface area contributed by atoms with Gasteiger partial charge in [-0.1, -0.05) is 49.4 Å². The lowest BCUT2D eigenvalue weighted by Gasteiger charge is -2.25. The first-order valence-electron chi connectivity index (χ1n) is 9.17. The van der Waals surface area contributed by atoms with E-state index >= 15 is 0 Å². The third-order valence-corrected chi connectivity index (χ3v) is 4.71. The Bertz CT molecular complexity index is 884. The number of nitrogens with zero attached hydrogens (tertiary/aromatic N) is 1. The van der Waals surface area contributed by atoms with E-state index in [0.717, 1.165) is 10.6 Å². The van der Waals surface area contributed by atoms with Crippen molar-refractivity contribution >= 4 is 17.8 Å². The molecule has 2 aromatic carbocycles. The summed E-state index contributed by atoms with van der Waals surface area (Å²) in [7, 11) is 0. The molecule has 3 rings (SSSR count). The van der Waals surface area contributed by atoms with E-state index < -0.39 is 23.4 Å². The van der Waals surface area contributed by atoms with Gasteiger partial charge < -0.3 is 10.1 Å². The average molecular weight is 381 g/mol. The lowest BCUT2D eigenvalue weighted by Crippen LogP contribution is -2.48. The van der Waals surface area contributed by atoms with Gasteiger partial charge >= 0.3 is 6.03 Å². The van der Waals surface area contributed by atoms with Crippen LogP contribution in [0, 0.1) is 6.92 Å². The molecule has 1 aliphatic heterocycles. The monoisotopic (exact) mass is 381 g/mol. The second kappa shape index (κ2) is 8.12. The van der Waals surface area contributed by atoms with Crippen LogP contribution >= 0.6 is 0 Å². The maximum Gasteiger partial charge on any atom is 0.344 e. The number of rotatable bonds is 7. The van der Waals surface area contributed by atoms with Gasteiger partial charge in [-0.25, -0.2) is 4.79 Å². The number of aryl methyl sites for hydroxylation is 1. The smallest absolute Gasteiger partial charge is 0.344 e. The fourth-order valence-corrected chi connectivity index (χ4v) is 3.19. The standard InChI is InChI=1S/C21H23N3O4/c1-3-21(16-9-5-4-6-10-16)19(26)24(20(27)22-21)23-18(25)12-13-28-17-11-7-8-15(2)14-17/h4-11,14H,3,12-13H2,1-2H3,(H,22,27)(H,23,25)/t21-/m1/s1. The molecule has 0 spiro atoms. The molecule has 1 atom stereocenters. The number of carbonyl (C=O) groups excluding carboxylic acids is 3. The summed E-state index contributed by atoms with van der Waals surface area (Å²) < 4.78 is 5.54. The molecule has 1 heterocycles. The van der Waals surface area contributed by atoms with Gasteiger partial charge in [-0.15, -0.1) is 0 Å². The Balaban J connectivity index is 1.61. The molecule has 0 radical (unpaired) electrons. The van der Waals surface area contributed by atoms with Crippen LogP contribution in [0.1, 0.15) is 30.9 Å². The molecular weight excluding hydrogens is 358 g/mol. The zero-order chi connectivity index (χ0) is 20.1.